The van der Waals surface area contributed by atoms with E-state index in [1.165, 1.54) is 5.56 Å². The van der Waals surface area contributed by atoms with E-state index < -0.39 is 6.04 Å². The van der Waals surface area contributed by atoms with Crippen molar-refractivity contribution < 1.29 is 14.3 Å². The fraction of sp³-hybridized carbons (Fsp3) is 0.462. The molecule has 5 heteroatoms. The number of hydrogen-bond donors (Lipinski definition) is 1. The van der Waals surface area contributed by atoms with Crippen LogP contribution in [0.2, 0.25) is 0 Å². The Hall–Kier alpha value is -2.82. The van der Waals surface area contributed by atoms with Crippen molar-refractivity contribution in [3.63, 3.8) is 0 Å². The zero-order chi connectivity index (χ0) is 23.0. The van der Waals surface area contributed by atoms with Gasteiger partial charge in [0.1, 0.15) is 11.8 Å². The molecule has 2 amide bonds. The zero-order valence-corrected chi connectivity index (χ0v) is 19.6. The van der Waals surface area contributed by atoms with Crippen LogP contribution in [0.3, 0.4) is 0 Å². The summed E-state index contributed by atoms with van der Waals surface area (Å²) in [4.78, 5) is 27.5. The number of rotatable bonds is 10. The summed E-state index contributed by atoms with van der Waals surface area (Å²) in [6, 6.07) is 15.5. The van der Waals surface area contributed by atoms with Gasteiger partial charge in [0, 0.05) is 19.0 Å². The molecule has 0 saturated carbocycles. The highest BCUT2D eigenvalue weighted by molar-refractivity contribution is 5.87. The lowest BCUT2D eigenvalue weighted by Gasteiger charge is -2.29. The highest BCUT2D eigenvalue weighted by Gasteiger charge is 2.26. The second-order valence-electron chi connectivity index (χ2n) is 8.61. The summed E-state index contributed by atoms with van der Waals surface area (Å²) in [6.45, 7) is 10.3. The number of nitrogens with zero attached hydrogens (tertiary/aromatic N) is 1. The maximum absolute atomic E-state index is 13.2. The summed E-state index contributed by atoms with van der Waals surface area (Å²) in [5.41, 5.74) is 3.34. The number of amides is 2. The zero-order valence-electron chi connectivity index (χ0n) is 19.6. The Labute approximate surface area is 186 Å². The molecule has 0 aliphatic carbocycles. The Kier molecular flexibility index (Phi) is 9.10. The largest absolute Gasteiger partial charge is 0.497 e. The van der Waals surface area contributed by atoms with E-state index in [0.717, 1.165) is 16.9 Å². The third-order valence-corrected chi connectivity index (χ3v) is 5.36. The van der Waals surface area contributed by atoms with Gasteiger partial charge >= 0.3 is 0 Å². The summed E-state index contributed by atoms with van der Waals surface area (Å²) in [6.07, 6.45) is 0.995. The van der Waals surface area contributed by atoms with Gasteiger partial charge in [-0.2, -0.15) is 0 Å². The molecule has 1 N–H and O–H groups in total. The van der Waals surface area contributed by atoms with Crippen molar-refractivity contribution in [2.45, 2.75) is 72.0 Å². The molecule has 0 radical (unpaired) electrons. The number of methoxy groups -OCH3 is 1. The fourth-order valence-corrected chi connectivity index (χ4v) is 3.42. The molecule has 2 aromatic rings. The van der Waals surface area contributed by atoms with Gasteiger partial charge in [-0.05, 0) is 61.9 Å². The number of aryl methyl sites for hydroxylation is 1. The second kappa shape index (κ2) is 11.5. The topological polar surface area (TPSA) is 58.6 Å². The first kappa shape index (κ1) is 24.4. The molecule has 31 heavy (non-hydrogen) atoms. The monoisotopic (exact) mass is 424 g/mol. The fourth-order valence-electron chi connectivity index (χ4n) is 3.42. The molecule has 0 spiro atoms. The normalized spacial score (nSPS) is 12.0. The van der Waals surface area contributed by atoms with Crippen molar-refractivity contribution >= 4 is 11.8 Å². The smallest absolute Gasteiger partial charge is 0.242 e. The van der Waals surface area contributed by atoms with E-state index in [1.807, 2.05) is 38.1 Å². The Balaban J connectivity index is 2.15. The van der Waals surface area contributed by atoms with Crippen molar-refractivity contribution in [2.75, 3.05) is 7.11 Å². The van der Waals surface area contributed by atoms with Gasteiger partial charge in [0.05, 0.1) is 7.11 Å². The number of nitrogens with one attached hydrogen (secondary N) is 1. The molecule has 0 heterocycles. The lowest BCUT2D eigenvalue weighted by Crippen LogP contribution is -2.49. The van der Waals surface area contributed by atoms with Crippen LogP contribution in [-0.4, -0.2) is 35.9 Å². The van der Waals surface area contributed by atoms with Gasteiger partial charge in [0.2, 0.25) is 11.8 Å². The first-order valence-corrected chi connectivity index (χ1v) is 11.0. The Morgan fingerprint density at radius 3 is 2.23 bits per heavy atom. The quantitative estimate of drug-likeness (QED) is 0.602. The number of benzene rings is 2. The van der Waals surface area contributed by atoms with Crippen molar-refractivity contribution in [1.29, 1.82) is 0 Å². The standard InChI is InChI=1S/C26H36N2O3/c1-18(2)23-13-10-21(11-14-23)12-15-25(29)28(20(5)26(30)27-19(3)4)17-22-8-7-9-24(16-22)31-6/h7-11,13-14,16,18-20H,12,15,17H2,1-6H3,(H,27,30)/t20-/m0/s1. The van der Waals surface area contributed by atoms with Crippen LogP contribution in [0.4, 0.5) is 0 Å². The minimum absolute atomic E-state index is 0.0168. The summed E-state index contributed by atoms with van der Waals surface area (Å²) in [5, 5.41) is 2.92. The van der Waals surface area contributed by atoms with Crippen LogP contribution in [0.25, 0.3) is 0 Å². The van der Waals surface area contributed by atoms with Gasteiger partial charge in [0.15, 0.2) is 0 Å². The molecule has 2 aromatic carbocycles. The van der Waals surface area contributed by atoms with Gasteiger partial charge in [-0.1, -0.05) is 50.2 Å². The van der Waals surface area contributed by atoms with E-state index in [-0.39, 0.29) is 17.9 Å². The van der Waals surface area contributed by atoms with E-state index in [4.69, 9.17) is 4.74 Å². The highest BCUT2D eigenvalue weighted by atomic mass is 16.5. The van der Waals surface area contributed by atoms with Crippen molar-refractivity contribution in [2.24, 2.45) is 0 Å². The summed E-state index contributed by atoms with van der Waals surface area (Å²) >= 11 is 0. The van der Waals surface area contributed by atoms with Crippen LogP contribution in [0, 0.1) is 0 Å². The molecule has 0 saturated heterocycles. The lowest BCUT2D eigenvalue weighted by molar-refractivity contribution is -0.140. The highest BCUT2D eigenvalue weighted by Crippen LogP contribution is 2.19. The Morgan fingerprint density at radius 1 is 0.968 bits per heavy atom. The first-order chi connectivity index (χ1) is 14.7. The second-order valence-corrected chi connectivity index (χ2v) is 8.61. The first-order valence-electron chi connectivity index (χ1n) is 11.0. The van der Waals surface area contributed by atoms with Crippen molar-refractivity contribution in [3.05, 3.63) is 65.2 Å². The van der Waals surface area contributed by atoms with E-state index in [2.05, 4.69) is 43.4 Å². The van der Waals surface area contributed by atoms with Crippen LogP contribution in [0.15, 0.2) is 48.5 Å². The average molecular weight is 425 g/mol. The average Bonchev–Trinajstić information content (AvgIpc) is 2.75. The van der Waals surface area contributed by atoms with Gasteiger partial charge in [-0.3, -0.25) is 9.59 Å². The van der Waals surface area contributed by atoms with Crippen LogP contribution in [-0.2, 0) is 22.6 Å². The van der Waals surface area contributed by atoms with Gasteiger partial charge in [-0.15, -0.1) is 0 Å². The number of hydrogen-bond acceptors (Lipinski definition) is 3. The van der Waals surface area contributed by atoms with Crippen LogP contribution in [0.5, 0.6) is 5.75 Å². The molecular formula is C26H36N2O3. The van der Waals surface area contributed by atoms with Gasteiger partial charge < -0.3 is 15.0 Å². The molecule has 2 rings (SSSR count). The number of ether oxygens (including phenoxy) is 1. The van der Waals surface area contributed by atoms with Crippen molar-refractivity contribution in [1.82, 2.24) is 10.2 Å². The molecule has 1 atom stereocenters. The van der Waals surface area contributed by atoms with E-state index in [9.17, 15) is 9.59 Å². The minimum atomic E-state index is -0.565. The molecule has 0 bridgehead atoms. The molecular weight excluding hydrogens is 388 g/mol. The molecule has 5 nitrogen and oxygen atoms in total. The number of carbonyl (C=O) groups is 2. The van der Waals surface area contributed by atoms with Gasteiger partial charge in [0.25, 0.3) is 0 Å². The molecule has 168 valence electrons. The predicted molar refractivity (Wildman–Crippen MR) is 125 cm³/mol. The predicted octanol–water partition coefficient (Wildman–Crippen LogP) is 4.69. The van der Waals surface area contributed by atoms with Crippen LogP contribution < -0.4 is 10.1 Å². The number of carbonyl (C=O) groups excluding carboxylic acids is 2. The van der Waals surface area contributed by atoms with Crippen LogP contribution in [0.1, 0.15) is 63.6 Å². The van der Waals surface area contributed by atoms with E-state index in [0.29, 0.717) is 25.3 Å². The third-order valence-electron chi connectivity index (χ3n) is 5.36. The molecule has 0 aromatic heterocycles. The molecule has 0 unspecified atom stereocenters. The molecule has 0 aliphatic rings. The Bertz CT molecular complexity index is 859. The van der Waals surface area contributed by atoms with Crippen LogP contribution >= 0.6 is 0 Å². The summed E-state index contributed by atoms with van der Waals surface area (Å²) < 4.78 is 5.31. The summed E-state index contributed by atoms with van der Waals surface area (Å²) in [7, 11) is 1.62. The Morgan fingerprint density at radius 2 is 1.65 bits per heavy atom. The molecule has 0 fully saturated rings. The third kappa shape index (κ3) is 7.42. The minimum Gasteiger partial charge on any atom is -0.497 e. The van der Waals surface area contributed by atoms with E-state index in [1.54, 1.807) is 18.9 Å². The van der Waals surface area contributed by atoms with E-state index >= 15 is 0 Å². The lowest BCUT2D eigenvalue weighted by atomic mass is 10.00. The van der Waals surface area contributed by atoms with Crippen molar-refractivity contribution in [3.8, 4) is 5.75 Å². The maximum atomic E-state index is 13.2. The summed E-state index contributed by atoms with van der Waals surface area (Å²) in [5.74, 6) is 1.03. The van der Waals surface area contributed by atoms with Gasteiger partial charge in [-0.25, -0.2) is 0 Å². The SMILES string of the molecule is COc1cccc(CN(C(=O)CCc2ccc(C(C)C)cc2)[C@@H](C)C(=O)NC(C)C)c1. The maximum Gasteiger partial charge on any atom is 0.242 e. The molecule has 0 aliphatic heterocycles.